The summed E-state index contributed by atoms with van der Waals surface area (Å²) in [6.45, 7) is 0. The number of phenols is 1. The lowest BCUT2D eigenvalue weighted by Crippen LogP contribution is -2.24. The number of phenolic OH excluding ortho intramolecular Hbond substituents is 1. The van der Waals surface area contributed by atoms with Gasteiger partial charge in [0.25, 0.3) is 0 Å². The second-order valence-electron chi connectivity index (χ2n) is 6.36. The number of para-hydroxylation sites is 2. The highest BCUT2D eigenvalue weighted by Crippen LogP contribution is 2.36. The first kappa shape index (κ1) is 20.7. The van der Waals surface area contributed by atoms with Crippen molar-refractivity contribution in [2.45, 2.75) is 0 Å². The molecule has 0 aliphatic rings. The number of methoxy groups -OCH3 is 1. The molecule has 3 N–H and O–H groups in total. The van der Waals surface area contributed by atoms with Gasteiger partial charge >= 0.3 is 6.03 Å². The number of hydrogen-bond acceptors (Lipinski definition) is 7. The molecule has 2 amide bonds. The highest BCUT2D eigenvalue weighted by molar-refractivity contribution is 8.12. The quantitative estimate of drug-likeness (QED) is 0.288. The Balaban J connectivity index is 1.45. The third-order valence-corrected chi connectivity index (χ3v) is 6.10. The number of nitrogens with zero attached hydrogens (tertiary/aromatic N) is 1. The Morgan fingerprint density at radius 2 is 1.84 bits per heavy atom. The monoisotopic (exact) mass is 451 g/mol. The smallest absolute Gasteiger partial charge is 0.329 e. The fourth-order valence-electron chi connectivity index (χ4n) is 2.89. The number of benzene rings is 3. The number of nitrogens with one attached hydrogen (secondary N) is 2. The second-order valence-corrected chi connectivity index (χ2v) is 8.17. The van der Waals surface area contributed by atoms with Gasteiger partial charge in [-0.1, -0.05) is 24.3 Å². The average Bonchev–Trinajstić information content (AvgIpc) is 3.22. The Hall–Kier alpha value is -3.56. The van der Waals surface area contributed by atoms with Crippen molar-refractivity contribution >= 4 is 50.3 Å². The summed E-state index contributed by atoms with van der Waals surface area (Å²) in [4.78, 5) is 29.2. The Morgan fingerprint density at radius 1 is 1.06 bits per heavy atom. The SMILES string of the molecule is COc1ccccc1C(=O)SNC(=O)Nc1ccc(O)c(-c2nc3ccccc3s2)c1. The van der Waals surface area contributed by atoms with Crippen LogP contribution < -0.4 is 14.8 Å². The fourth-order valence-corrected chi connectivity index (χ4v) is 4.40. The van der Waals surface area contributed by atoms with Crippen molar-refractivity contribution in [3.05, 3.63) is 72.3 Å². The minimum absolute atomic E-state index is 0.0609. The topological polar surface area (TPSA) is 101 Å². The van der Waals surface area contributed by atoms with Crippen LogP contribution in [0.5, 0.6) is 11.5 Å². The number of aromatic nitrogens is 1. The fraction of sp³-hybridized carbons (Fsp3) is 0.0455. The van der Waals surface area contributed by atoms with Gasteiger partial charge in [0.15, 0.2) is 0 Å². The Bertz CT molecular complexity index is 1240. The largest absolute Gasteiger partial charge is 0.507 e. The standard InChI is InChI=1S/C22H17N3O4S2/c1-29-18-8-4-2-6-14(18)21(27)31-25-22(28)23-13-10-11-17(26)15(12-13)20-24-16-7-3-5-9-19(16)30-20/h2-12,26H,1H3,(H2,23,25,28). The Labute approximate surface area is 186 Å². The predicted molar refractivity (Wildman–Crippen MR) is 124 cm³/mol. The van der Waals surface area contributed by atoms with E-state index in [1.807, 2.05) is 24.3 Å². The van der Waals surface area contributed by atoms with Crippen molar-refractivity contribution in [3.8, 4) is 22.1 Å². The number of hydrogen-bond donors (Lipinski definition) is 3. The lowest BCUT2D eigenvalue weighted by Gasteiger charge is -2.09. The van der Waals surface area contributed by atoms with Gasteiger partial charge in [-0.25, -0.2) is 9.78 Å². The third kappa shape index (κ3) is 4.62. The van der Waals surface area contributed by atoms with Gasteiger partial charge in [-0.3, -0.25) is 9.52 Å². The van der Waals surface area contributed by atoms with Crippen LogP contribution >= 0.6 is 23.3 Å². The van der Waals surface area contributed by atoms with E-state index in [1.165, 1.54) is 24.5 Å². The van der Waals surface area contributed by atoms with Crippen molar-refractivity contribution in [1.82, 2.24) is 9.71 Å². The van der Waals surface area contributed by atoms with Crippen LogP contribution in [0.3, 0.4) is 0 Å². The molecule has 1 heterocycles. The number of ether oxygens (including phenoxy) is 1. The number of thiazole rings is 1. The van der Waals surface area contributed by atoms with Crippen LogP contribution in [0.15, 0.2) is 66.7 Å². The van der Waals surface area contributed by atoms with Crippen molar-refractivity contribution in [2.24, 2.45) is 0 Å². The van der Waals surface area contributed by atoms with Gasteiger partial charge in [-0.15, -0.1) is 11.3 Å². The van der Waals surface area contributed by atoms with Gasteiger partial charge in [0, 0.05) is 17.6 Å². The number of carbonyl (C=O) groups is 2. The summed E-state index contributed by atoms with van der Waals surface area (Å²) in [6, 6.07) is 18.6. The molecule has 31 heavy (non-hydrogen) atoms. The first-order chi connectivity index (χ1) is 15.0. The molecule has 0 unspecified atom stereocenters. The van der Waals surface area contributed by atoms with Crippen molar-refractivity contribution in [1.29, 1.82) is 0 Å². The van der Waals surface area contributed by atoms with E-state index >= 15 is 0 Å². The van der Waals surface area contributed by atoms with E-state index in [2.05, 4.69) is 15.0 Å². The third-order valence-electron chi connectivity index (χ3n) is 4.34. The first-order valence-electron chi connectivity index (χ1n) is 9.15. The molecule has 7 nitrogen and oxygen atoms in total. The van der Waals surface area contributed by atoms with Crippen LogP contribution in [0.25, 0.3) is 20.8 Å². The van der Waals surface area contributed by atoms with E-state index in [9.17, 15) is 14.7 Å². The van der Waals surface area contributed by atoms with E-state index in [1.54, 1.807) is 36.4 Å². The number of carbonyl (C=O) groups excluding carboxylic acids is 2. The normalized spacial score (nSPS) is 10.6. The van der Waals surface area contributed by atoms with Gasteiger partial charge in [0.1, 0.15) is 16.5 Å². The van der Waals surface area contributed by atoms with Crippen LogP contribution in [-0.2, 0) is 0 Å². The molecule has 0 saturated heterocycles. The number of rotatable bonds is 4. The first-order valence-corrected chi connectivity index (χ1v) is 10.8. The molecule has 0 bridgehead atoms. The summed E-state index contributed by atoms with van der Waals surface area (Å²) < 4.78 is 8.63. The molecule has 156 valence electrons. The van der Waals surface area contributed by atoms with Crippen molar-refractivity contribution < 1.29 is 19.4 Å². The predicted octanol–water partition coefficient (Wildman–Crippen LogP) is 5.29. The highest BCUT2D eigenvalue weighted by Gasteiger charge is 2.15. The lowest BCUT2D eigenvalue weighted by molar-refractivity contribution is 0.108. The molecule has 0 aliphatic heterocycles. The maximum atomic E-state index is 12.4. The second kappa shape index (κ2) is 9.07. The average molecular weight is 452 g/mol. The maximum Gasteiger partial charge on any atom is 0.329 e. The van der Waals surface area contributed by atoms with Gasteiger partial charge in [-0.05, 0) is 42.5 Å². The minimum Gasteiger partial charge on any atom is -0.507 e. The van der Waals surface area contributed by atoms with Crippen LogP contribution in [-0.4, -0.2) is 28.3 Å². The van der Waals surface area contributed by atoms with Crippen LogP contribution in [0.4, 0.5) is 10.5 Å². The van der Waals surface area contributed by atoms with Gasteiger partial charge in [0.05, 0.1) is 28.5 Å². The molecule has 1 aromatic heterocycles. The summed E-state index contributed by atoms with van der Waals surface area (Å²) in [7, 11) is 1.48. The summed E-state index contributed by atoms with van der Waals surface area (Å²) >= 11 is 2.10. The van der Waals surface area contributed by atoms with Crippen molar-refractivity contribution in [2.75, 3.05) is 12.4 Å². The number of amides is 2. The zero-order valence-corrected chi connectivity index (χ0v) is 17.9. The molecule has 3 aromatic carbocycles. The summed E-state index contributed by atoms with van der Waals surface area (Å²) in [6.07, 6.45) is 0. The molecule has 0 aliphatic carbocycles. The van der Waals surface area contributed by atoms with Crippen LogP contribution in [0, 0.1) is 0 Å². The van der Waals surface area contributed by atoms with Crippen LogP contribution in [0.2, 0.25) is 0 Å². The number of urea groups is 1. The maximum absolute atomic E-state index is 12.4. The van der Waals surface area contributed by atoms with E-state index in [-0.39, 0.29) is 10.9 Å². The minimum atomic E-state index is -0.575. The van der Waals surface area contributed by atoms with Gasteiger partial charge in [0.2, 0.25) is 5.12 Å². The number of aromatic hydroxyl groups is 1. The number of anilines is 1. The Kier molecular flexibility index (Phi) is 6.06. The number of fused-ring (bicyclic) bond motifs is 1. The molecule has 0 atom stereocenters. The molecular formula is C22H17N3O4S2. The summed E-state index contributed by atoms with van der Waals surface area (Å²) in [5.74, 6) is 0.493. The van der Waals surface area contributed by atoms with Gasteiger partial charge in [-0.2, -0.15) is 0 Å². The summed E-state index contributed by atoms with van der Waals surface area (Å²) in [5.41, 5.74) is 2.16. The van der Waals surface area contributed by atoms with Crippen LogP contribution in [0.1, 0.15) is 10.4 Å². The van der Waals surface area contributed by atoms with Gasteiger partial charge < -0.3 is 15.2 Å². The van der Waals surface area contributed by atoms with E-state index in [0.29, 0.717) is 39.5 Å². The molecule has 0 radical (unpaired) electrons. The highest BCUT2D eigenvalue weighted by atomic mass is 32.2. The molecule has 0 saturated carbocycles. The summed E-state index contributed by atoms with van der Waals surface area (Å²) in [5, 5.41) is 13.2. The van der Waals surface area contributed by atoms with E-state index in [4.69, 9.17) is 4.74 Å². The zero-order valence-electron chi connectivity index (χ0n) is 16.3. The molecule has 0 fully saturated rings. The molecule has 4 rings (SSSR count). The lowest BCUT2D eigenvalue weighted by atomic mass is 10.2. The zero-order chi connectivity index (χ0) is 21.8. The molecule has 4 aromatic rings. The molecule has 9 heteroatoms. The van der Waals surface area contributed by atoms with Crippen molar-refractivity contribution in [3.63, 3.8) is 0 Å². The molecule has 0 spiro atoms. The van der Waals surface area contributed by atoms with E-state index in [0.717, 1.165) is 10.2 Å². The van der Waals surface area contributed by atoms with E-state index < -0.39 is 6.03 Å². The Morgan fingerprint density at radius 3 is 2.65 bits per heavy atom. The molecular weight excluding hydrogens is 434 g/mol.